The van der Waals surface area contributed by atoms with Gasteiger partial charge in [0.2, 0.25) is 0 Å². The van der Waals surface area contributed by atoms with E-state index in [4.69, 9.17) is 14.6 Å². The van der Waals surface area contributed by atoms with Crippen LogP contribution in [0.2, 0.25) is 0 Å². The van der Waals surface area contributed by atoms with Gasteiger partial charge in [-0.15, -0.1) is 0 Å². The third kappa shape index (κ3) is 9.61. The lowest BCUT2D eigenvalue weighted by Gasteiger charge is -2.23. The molecule has 0 aromatic rings. The molecule has 0 unspecified atom stereocenters. The zero-order valence-electron chi connectivity index (χ0n) is 13.1. The summed E-state index contributed by atoms with van der Waals surface area (Å²) in [5.41, 5.74) is -0.621. The van der Waals surface area contributed by atoms with Gasteiger partial charge in [0.15, 0.2) is 0 Å². The summed E-state index contributed by atoms with van der Waals surface area (Å²) < 4.78 is 9.90. The molecular formula is C14H27NO5. The molecule has 118 valence electrons. The summed E-state index contributed by atoms with van der Waals surface area (Å²) in [5.74, 6) is -1.24. The zero-order valence-corrected chi connectivity index (χ0v) is 13.1. The Balaban J connectivity index is 0.000000595. The third-order valence-corrected chi connectivity index (χ3v) is 2.43. The van der Waals surface area contributed by atoms with Crippen LogP contribution in [0.25, 0.3) is 0 Å². The van der Waals surface area contributed by atoms with Gasteiger partial charge in [-0.2, -0.15) is 0 Å². The van der Waals surface area contributed by atoms with Crippen LogP contribution in [0.4, 0.5) is 4.79 Å². The maximum atomic E-state index is 11.3. The number of carboxylic acids is 1. The Kier molecular flexibility index (Phi) is 8.22. The first-order chi connectivity index (χ1) is 9.13. The van der Waals surface area contributed by atoms with Crippen molar-refractivity contribution in [1.82, 2.24) is 5.32 Å². The van der Waals surface area contributed by atoms with Crippen molar-refractivity contribution in [3.63, 3.8) is 0 Å². The molecule has 1 aliphatic rings. The number of carboxylic acid groups (broad SMARTS) is 1. The molecule has 1 fully saturated rings. The van der Waals surface area contributed by atoms with Gasteiger partial charge >= 0.3 is 12.1 Å². The molecule has 20 heavy (non-hydrogen) atoms. The van der Waals surface area contributed by atoms with Gasteiger partial charge in [-0.1, -0.05) is 13.8 Å². The van der Waals surface area contributed by atoms with E-state index in [2.05, 4.69) is 5.32 Å². The number of rotatable bonds is 3. The first-order valence-electron chi connectivity index (χ1n) is 6.93. The van der Waals surface area contributed by atoms with Gasteiger partial charge in [0, 0.05) is 13.2 Å². The maximum Gasteiger partial charge on any atom is 0.408 e. The number of alkyl carbamates (subject to hydrolysis) is 1. The molecule has 1 saturated heterocycles. The van der Waals surface area contributed by atoms with Crippen molar-refractivity contribution in [2.45, 2.75) is 59.1 Å². The van der Waals surface area contributed by atoms with Crippen LogP contribution in [0.15, 0.2) is 0 Å². The zero-order chi connectivity index (χ0) is 15.8. The van der Waals surface area contributed by atoms with E-state index < -0.39 is 23.7 Å². The summed E-state index contributed by atoms with van der Waals surface area (Å²) in [7, 11) is 0. The van der Waals surface area contributed by atoms with E-state index in [9.17, 15) is 9.59 Å². The van der Waals surface area contributed by atoms with Crippen LogP contribution in [-0.4, -0.2) is 42.0 Å². The topological polar surface area (TPSA) is 84.9 Å². The lowest BCUT2D eigenvalue weighted by molar-refractivity contribution is -0.140. The Hall–Kier alpha value is -1.30. The van der Waals surface area contributed by atoms with Crippen LogP contribution in [0.3, 0.4) is 0 Å². The quantitative estimate of drug-likeness (QED) is 0.833. The second-order valence-electron chi connectivity index (χ2n) is 6.03. The molecule has 0 radical (unpaired) electrons. The number of nitrogens with one attached hydrogen (secondary N) is 1. The first-order valence-corrected chi connectivity index (χ1v) is 6.93. The lowest BCUT2D eigenvalue weighted by Crippen LogP contribution is -2.46. The SMILES string of the molecule is C1CCOC1.CC(C)[C@H](NC(=O)OC(C)(C)C)C(=O)O. The number of aliphatic carboxylic acids is 1. The minimum absolute atomic E-state index is 0.185. The van der Waals surface area contributed by atoms with Crippen molar-refractivity contribution in [2.24, 2.45) is 5.92 Å². The predicted octanol–water partition coefficient (Wildman–Crippen LogP) is 2.42. The van der Waals surface area contributed by atoms with Gasteiger partial charge in [0.25, 0.3) is 0 Å². The molecule has 0 aliphatic carbocycles. The van der Waals surface area contributed by atoms with Crippen LogP contribution >= 0.6 is 0 Å². The van der Waals surface area contributed by atoms with Crippen molar-refractivity contribution in [3.8, 4) is 0 Å². The second kappa shape index (κ2) is 8.79. The van der Waals surface area contributed by atoms with Crippen LogP contribution in [0.5, 0.6) is 0 Å². The number of amides is 1. The molecule has 0 saturated carbocycles. The smallest absolute Gasteiger partial charge is 0.408 e. The Morgan fingerprint density at radius 3 is 1.95 bits per heavy atom. The minimum atomic E-state index is -1.06. The van der Waals surface area contributed by atoms with Gasteiger partial charge in [-0.3, -0.25) is 0 Å². The summed E-state index contributed by atoms with van der Waals surface area (Å²) >= 11 is 0. The fraction of sp³-hybridized carbons (Fsp3) is 0.857. The molecule has 6 heteroatoms. The normalized spacial score (nSPS) is 16.1. The van der Waals surface area contributed by atoms with Gasteiger partial charge < -0.3 is 19.9 Å². The number of carbonyl (C=O) groups is 2. The summed E-state index contributed by atoms with van der Waals surface area (Å²) in [6.07, 6.45) is 1.85. The average Bonchev–Trinajstić information content (AvgIpc) is 2.80. The fourth-order valence-corrected chi connectivity index (χ4v) is 1.46. The Labute approximate surface area is 120 Å². The van der Waals surface area contributed by atoms with E-state index in [1.165, 1.54) is 12.8 Å². The van der Waals surface area contributed by atoms with Crippen LogP contribution in [0, 0.1) is 5.92 Å². The van der Waals surface area contributed by atoms with E-state index in [1.807, 2.05) is 0 Å². The Bertz CT molecular complexity index is 298. The van der Waals surface area contributed by atoms with Crippen molar-refractivity contribution in [1.29, 1.82) is 0 Å². The molecule has 0 bridgehead atoms. The van der Waals surface area contributed by atoms with E-state index in [1.54, 1.807) is 34.6 Å². The molecule has 2 N–H and O–H groups in total. The molecule has 1 heterocycles. The number of hydrogen-bond acceptors (Lipinski definition) is 4. The average molecular weight is 289 g/mol. The molecule has 6 nitrogen and oxygen atoms in total. The Morgan fingerprint density at radius 2 is 1.70 bits per heavy atom. The standard InChI is InChI=1S/C10H19NO4.C4H8O/c1-6(2)7(8(12)13)11-9(14)15-10(3,4)5;1-2-4-5-3-1/h6-7H,1-5H3,(H,11,14)(H,12,13);1-4H2/t7-;/m0./s1. The van der Waals surface area contributed by atoms with E-state index >= 15 is 0 Å². The summed E-state index contributed by atoms with van der Waals surface area (Å²) in [6, 6.07) is -0.917. The molecule has 1 amide bonds. The number of hydrogen-bond donors (Lipinski definition) is 2. The molecule has 1 aliphatic heterocycles. The molecule has 0 aromatic heterocycles. The van der Waals surface area contributed by atoms with E-state index in [0.717, 1.165) is 13.2 Å². The highest BCUT2D eigenvalue weighted by Gasteiger charge is 2.26. The first kappa shape index (κ1) is 18.7. The lowest BCUT2D eigenvalue weighted by atomic mass is 10.1. The maximum absolute atomic E-state index is 11.3. The van der Waals surface area contributed by atoms with Crippen LogP contribution in [-0.2, 0) is 14.3 Å². The van der Waals surface area contributed by atoms with Gasteiger partial charge in [-0.05, 0) is 39.5 Å². The molecule has 1 rings (SSSR count). The van der Waals surface area contributed by atoms with Gasteiger partial charge in [-0.25, -0.2) is 9.59 Å². The number of carbonyl (C=O) groups excluding carboxylic acids is 1. The highest BCUT2D eigenvalue weighted by molar-refractivity contribution is 5.80. The highest BCUT2D eigenvalue weighted by atomic mass is 16.6. The summed E-state index contributed by atoms with van der Waals surface area (Å²) in [5, 5.41) is 11.1. The predicted molar refractivity (Wildman–Crippen MR) is 75.7 cm³/mol. The van der Waals surface area contributed by atoms with Crippen LogP contribution in [0.1, 0.15) is 47.5 Å². The molecule has 0 aromatic carbocycles. The fourth-order valence-electron chi connectivity index (χ4n) is 1.46. The Morgan fingerprint density at radius 1 is 1.20 bits per heavy atom. The number of ether oxygens (including phenoxy) is 2. The summed E-state index contributed by atoms with van der Waals surface area (Å²) in [4.78, 5) is 22.1. The van der Waals surface area contributed by atoms with Crippen molar-refractivity contribution in [2.75, 3.05) is 13.2 Å². The van der Waals surface area contributed by atoms with Crippen molar-refractivity contribution < 1.29 is 24.2 Å². The molecular weight excluding hydrogens is 262 g/mol. The van der Waals surface area contributed by atoms with Crippen molar-refractivity contribution in [3.05, 3.63) is 0 Å². The van der Waals surface area contributed by atoms with E-state index in [0.29, 0.717) is 0 Å². The summed E-state index contributed by atoms with van der Waals surface area (Å²) in [6.45, 7) is 10.6. The third-order valence-electron chi connectivity index (χ3n) is 2.43. The van der Waals surface area contributed by atoms with Crippen molar-refractivity contribution >= 4 is 12.1 Å². The van der Waals surface area contributed by atoms with Crippen LogP contribution < -0.4 is 5.32 Å². The molecule has 0 spiro atoms. The highest BCUT2D eigenvalue weighted by Crippen LogP contribution is 2.08. The molecule has 1 atom stereocenters. The van der Waals surface area contributed by atoms with Gasteiger partial charge in [0.1, 0.15) is 11.6 Å². The largest absolute Gasteiger partial charge is 0.480 e. The van der Waals surface area contributed by atoms with E-state index in [-0.39, 0.29) is 5.92 Å². The minimum Gasteiger partial charge on any atom is -0.480 e. The van der Waals surface area contributed by atoms with Gasteiger partial charge in [0.05, 0.1) is 0 Å². The second-order valence-corrected chi connectivity index (χ2v) is 6.03. The monoisotopic (exact) mass is 289 g/mol.